The first kappa shape index (κ1) is 17.3. The van der Waals surface area contributed by atoms with Crippen molar-refractivity contribution in [1.29, 1.82) is 0 Å². The molecule has 0 aliphatic carbocycles. The summed E-state index contributed by atoms with van der Waals surface area (Å²) in [6, 6.07) is 3.20. The standard InChI is InChI=1S/C12H18N2O6S/c1-8(15)12(2,3)13-21(18,19)11-6-5-9(14(16)17)7-10(11)20-4/h5-8,13,15H,1-4H3. The van der Waals surface area contributed by atoms with Gasteiger partial charge in [-0.05, 0) is 26.8 Å². The molecule has 0 amide bonds. The van der Waals surface area contributed by atoms with E-state index < -0.39 is 26.6 Å². The zero-order valence-corrected chi connectivity index (χ0v) is 13.0. The second-order valence-corrected chi connectivity index (χ2v) is 6.75. The van der Waals surface area contributed by atoms with Crippen molar-refractivity contribution in [2.75, 3.05) is 7.11 Å². The van der Waals surface area contributed by atoms with Crippen LogP contribution in [0.4, 0.5) is 5.69 Å². The van der Waals surface area contributed by atoms with Gasteiger partial charge >= 0.3 is 0 Å². The van der Waals surface area contributed by atoms with Crippen molar-refractivity contribution in [3.8, 4) is 5.75 Å². The number of aliphatic hydroxyl groups excluding tert-OH is 1. The quantitative estimate of drug-likeness (QED) is 0.597. The molecule has 2 N–H and O–H groups in total. The van der Waals surface area contributed by atoms with Gasteiger partial charge < -0.3 is 9.84 Å². The lowest BCUT2D eigenvalue weighted by Gasteiger charge is -2.29. The van der Waals surface area contributed by atoms with Crippen molar-refractivity contribution in [2.45, 2.75) is 37.3 Å². The Morgan fingerprint density at radius 2 is 2.00 bits per heavy atom. The number of non-ortho nitro benzene ring substituents is 1. The molecule has 0 heterocycles. The van der Waals surface area contributed by atoms with Crippen LogP contribution in [0.25, 0.3) is 0 Å². The molecule has 0 spiro atoms. The fraction of sp³-hybridized carbons (Fsp3) is 0.500. The van der Waals surface area contributed by atoms with Gasteiger partial charge in [0.15, 0.2) is 0 Å². The Hall–Kier alpha value is -1.71. The Bertz CT molecular complexity index is 639. The predicted molar refractivity (Wildman–Crippen MR) is 75.7 cm³/mol. The lowest BCUT2D eigenvalue weighted by molar-refractivity contribution is -0.385. The van der Waals surface area contributed by atoms with E-state index in [1.807, 2.05) is 0 Å². The highest BCUT2D eigenvalue weighted by Crippen LogP contribution is 2.29. The van der Waals surface area contributed by atoms with Crippen LogP contribution in [0.15, 0.2) is 23.1 Å². The molecule has 1 aromatic carbocycles. The lowest BCUT2D eigenvalue weighted by Crippen LogP contribution is -2.50. The van der Waals surface area contributed by atoms with Crippen LogP contribution in [-0.2, 0) is 10.0 Å². The van der Waals surface area contributed by atoms with Gasteiger partial charge in [-0.25, -0.2) is 13.1 Å². The molecule has 118 valence electrons. The minimum absolute atomic E-state index is 0.141. The van der Waals surface area contributed by atoms with Crippen molar-refractivity contribution in [3.63, 3.8) is 0 Å². The molecule has 0 saturated heterocycles. The summed E-state index contributed by atoms with van der Waals surface area (Å²) in [6.45, 7) is 4.50. The first-order valence-electron chi connectivity index (χ1n) is 6.05. The van der Waals surface area contributed by atoms with E-state index in [0.29, 0.717) is 0 Å². The first-order valence-corrected chi connectivity index (χ1v) is 7.54. The molecule has 21 heavy (non-hydrogen) atoms. The molecular formula is C12H18N2O6S. The number of nitro benzene ring substituents is 1. The Balaban J connectivity index is 3.29. The number of methoxy groups -OCH3 is 1. The Morgan fingerprint density at radius 1 is 1.43 bits per heavy atom. The maximum absolute atomic E-state index is 12.3. The van der Waals surface area contributed by atoms with E-state index in [4.69, 9.17) is 4.74 Å². The molecule has 9 heteroatoms. The minimum Gasteiger partial charge on any atom is -0.495 e. The summed E-state index contributed by atoms with van der Waals surface area (Å²) in [5.41, 5.74) is -1.38. The number of aliphatic hydroxyl groups is 1. The van der Waals surface area contributed by atoms with E-state index >= 15 is 0 Å². The van der Waals surface area contributed by atoms with E-state index in [0.717, 1.165) is 18.2 Å². The van der Waals surface area contributed by atoms with Gasteiger partial charge in [-0.2, -0.15) is 0 Å². The Labute approximate surface area is 122 Å². The van der Waals surface area contributed by atoms with Gasteiger partial charge in [0.25, 0.3) is 5.69 Å². The number of sulfonamides is 1. The number of nitrogens with one attached hydrogen (secondary N) is 1. The zero-order valence-electron chi connectivity index (χ0n) is 12.2. The Kier molecular flexibility index (Phi) is 4.92. The maximum Gasteiger partial charge on any atom is 0.273 e. The van der Waals surface area contributed by atoms with Crippen molar-refractivity contribution in [3.05, 3.63) is 28.3 Å². The van der Waals surface area contributed by atoms with E-state index in [9.17, 15) is 23.6 Å². The number of hydrogen-bond donors (Lipinski definition) is 2. The second kappa shape index (κ2) is 5.96. The number of nitro groups is 1. The minimum atomic E-state index is -4.01. The fourth-order valence-electron chi connectivity index (χ4n) is 1.48. The van der Waals surface area contributed by atoms with Gasteiger partial charge in [0.05, 0.1) is 29.7 Å². The van der Waals surface area contributed by atoms with E-state index in [-0.39, 0.29) is 16.3 Å². The first-order chi connectivity index (χ1) is 9.51. The number of hydrogen-bond acceptors (Lipinski definition) is 6. The van der Waals surface area contributed by atoms with Crippen LogP contribution in [0, 0.1) is 10.1 Å². The zero-order chi connectivity index (χ0) is 16.4. The summed E-state index contributed by atoms with van der Waals surface area (Å²) in [7, 11) is -2.79. The molecule has 0 bridgehead atoms. The van der Waals surface area contributed by atoms with E-state index in [1.54, 1.807) is 0 Å². The fourth-order valence-corrected chi connectivity index (χ4v) is 3.11. The molecule has 0 aliphatic rings. The molecule has 1 unspecified atom stereocenters. The molecule has 0 radical (unpaired) electrons. The van der Waals surface area contributed by atoms with Crippen LogP contribution >= 0.6 is 0 Å². The summed E-state index contributed by atoms with van der Waals surface area (Å²) in [5.74, 6) is -0.141. The molecule has 0 aliphatic heterocycles. The lowest BCUT2D eigenvalue weighted by atomic mass is 10.0. The highest BCUT2D eigenvalue weighted by atomic mass is 32.2. The van der Waals surface area contributed by atoms with Crippen LogP contribution in [0.2, 0.25) is 0 Å². The van der Waals surface area contributed by atoms with E-state index in [2.05, 4.69) is 4.72 Å². The molecule has 1 rings (SSSR count). The van der Waals surface area contributed by atoms with Crippen molar-refractivity contribution >= 4 is 15.7 Å². The van der Waals surface area contributed by atoms with Crippen LogP contribution in [-0.4, -0.2) is 37.2 Å². The van der Waals surface area contributed by atoms with Crippen molar-refractivity contribution in [2.24, 2.45) is 0 Å². The van der Waals surface area contributed by atoms with Gasteiger partial charge in [-0.3, -0.25) is 10.1 Å². The normalized spacial score (nSPS) is 13.8. The molecular weight excluding hydrogens is 300 g/mol. The highest BCUT2D eigenvalue weighted by molar-refractivity contribution is 7.89. The van der Waals surface area contributed by atoms with Crippen molar-refractivity contribution in [1.82, 2.24) is 4.72 Å². The van der Waals surface area contributed by atoms with E-state index in [1.165, 1.54) is 27.9 Å². The third-order valence-electron chi connectivity index (χ3n) is 3.09. The molecule has 0 fully saturated rings. The van der Waals surface area contributed by atoms with Gasteiger partial charge in [0, 0.05) is 6.07 Å². The number of rotatable bonds is 6. The van der Waals surface area contributed by atoms with Gasteiger partial charge in [-0.1, -0.05) is 0 Å². The van der Waals surface area contributed by atoms with Crippen LogP contribution in [0.5, 0.6) is 5.75 Å². The number of benzene rings is 1. The molecule has 1 atom stereocenters. The summed E-state index contributed by atoms with van der Waals surface area (Å²) in [4.78, 5) is 9.82. The third kappa shape index (κ3) is 3.90. The predicted octanol–water partition coefficient (Wildman–Crippen LogP) is 1.04. The summed E-state index contributed by atoms with van der Waals surface area (Å²) in [5, 5.41) is 20.3. The largest absolute Gasteiger partial charge is 0.495 e. The third-order valence-corrected chi connectivity index (χ3v) is 4.80. The molecule has 8 nitrogen and oxygen atoms in total. The monoisotopic (exact) mass is 318 g/mol. The average Bonchev–Trinajstić information content (AvgIpc) is 2.36. The number of ether oxygens (including phenoxy) is 1. The van der Waals surface area contributed by atoms with Gasteiger partial charge in [0.2, 0.25) is 10.0 Å². The average molecular weight is 318 g/mol. The van der Waals surface area contributed by atoms with Crippen LogP contribution in [0.3, 0.4) is 0 Å². The van der Waals surface area contributed by atoms with Gasteiger partial charge in [0.1, 0.15) is 10.6 Å². The molecule has 0 aromatic heterocycles. The number of nitrogens with zero attached hydrogens (tertiary/aromatic N) is 1. The Morgan fingerprint density at radius 3 is 2.43 bits per heavy atom. The summed E-state index contributed by atoms with van der Waals surface area (Å²) in [6.07, 6.45) is -0.934. The van der Waals surface area contributed by atoms with Crippen molar-refractivity contribution < 1.29 is 23.2 Å². The van der Waals surface area contributed by atoms with Gasteiger partial charge in [-0.15, -0.1) is 0 Å². The molecule has 1 aromatic rings. The summed E-state index contributed by atoms with van der Waals surface area (Å²) < 4.78 is 31.9. The SMILES string of the molecule is COc1cc([N+](=O)[O-])ccc1S(=O)(=O)NC(C)(C)C(C)O. The van der Waals surface area contributed by atoms with Crippen LogP contribution in [0.1, 0.15) is 20.8 Å². The summed E-state index contributed by atoms with van der Waals surface area (Å²) >= 11 is 0. The highest BCUT2D eigenvalue weighted by Gasteiger charge is 2.32. The molecule has 0 saturated carbocycles. The topological polar surface area (TPSA) is 119 Å². The smallest absolute Gasteiger partial charge is 0.273 e. The van der Waals surface area contributed by atoms with Crippen LogP contribution < -0.4 is 9.46 Å². The second-order valence-electron chi connectivity index (χ2n) is 5.10. The maximum atomic E-state index is 12.3.